The van der Waals surface area contributed by atoms with Crippen molar-refractivity contribution >= 4 is 33.2 Å². The second kappa shape index (κ2) is 8.35. The van der Waals surface area contributed by atoms with Crippen molar-refractivity contribution in [1.82, 2.24) is 19.1 Å². The Kier molecular flexibility index (Phi) is 6.09. The Bertz CT molecular complexity index is 1640. The first-order valence-corrected chi connectivity index (χ1v) is 9.47. The van der Waals surface area contributed by atoms with Gasteiger partial charge < -0.3 is 9.13 Å². The molecule has 2 aromatic heterocycles. The van der Waals surface area contributed by atoms with Crippen LogP contribution < -0.4 is 11.0 Å². The molecule has 3 rings (SSSR count). The zero-order valence-electron chi connectivity index (χ0n) is 18.4. The van der Waals surface area contributed by atoms with Gasteiger partial charge in [0.2, 0.25) is 0 Å². The second-order valence-corrected chi connectivity index (χ2v) is 7.47. The van der Waals surface area contributed by atoms with Crippen LogP contribution in [0.3, 0.4) is 0 Å². The summed E-state index contributed by atoms with van der Waals surface area (Å²) in [4.78, 5) is 6.60. The molecule has 38 heavy (non-hydrogen) atoms. The molecule has 0 fully saturated rings. The summed E-state index contributed by atoms with van der Waals surface area (Å²) in [5, 5.41) is 36.4. The van der Waals surface area contributed by atoms with Gasteiger partial charge in [0.15, 0.2) is 22.1 Å². The van der Waals surface area contributed by atoms with Gasteiger partial charge in [0.05, 0.1) is 22.2 Å². The molecule has 0 N–H and O–H groups in total. The highest BCUT2D eigenvalue weighted by atomic mass is 19.4. The van der Waals surface area contributed by atoms with E-state index in [2.05, 4.69) is 9.97 Å². The van der Waals surface area contributed by atoms with Gasteiger partial charge in [-0.25, -0.2) is 9.97 Å². The molecule has 2 heterocycles. The van der Waals surface area contributed by atoms with Gasteiger partial charge in [0.25, 0.3) is 0 Å². The van der Waals surface area contributed by atoms with E-state index < -0.39 is 79.5 Å². The number of hydrogen-bond acceptors (Lipinski definition) is 6. The van der Waals surface area contributed by atoms with Crippen molar-refractivity contribution in [1.29, 1.82) is 21.0 Å². The topological polar surface area (TPSA) is 131 Å². The Balaban J connectivity index is 3.01. The molecule has 1 aromatic carbocycles. The third kappa shape index (κ3) is 3.57. The van der Waals surface area contributed by atoms with Crippen LogP contribution in [-0.2, 0) is 25.9 Å². The molecule has 196 valence electrons. The van der Waals surface area contributed by atoms with E-state index in [1.807, 2.05) is 0 Å². The lowest BCUT2D eigenvalue weighted by atomic mass is 9.96. The van der Waals surface area contributed by atoms with Crippen molar-refractivity contribution in [3.8, 4) is 24.3 Å². The van der Waals surface area contributed by atoms with Crippen LogP contribution >= 0.6 is 0 Å². The number of hydrogen-bond donors (Lipinski definition) is 0. The minimum absolute atomic E-state index is 0.148. The fourth-order valence-electron chi connectivity index (χ4n) is 3.72. The number of aromatic nitrogens is 4. The molecule has 8 nitrogen and oxygen atoms in total. The van der Waals surface area contributed by atoms with Crippen LogP contribution in [0.1, 0.15) is 11.1 Å². The normalized spacial score (nSPS) is 12.6. The molecule has 0 radical (unpaired) electrons. The van der Waals surface area contributed by atoms with Crippen LogP contribution in [-0.4, -0.2) is 31.5 Å². The molecular formula is C20H6F10N8. The molecule has 0 spiro atoms. The van der Waals surface area contributed by atoms with Gasteiger partial charge >= 0.3 is 24.2 Å². The zero-order chi connectivity index (χ0) is 29.2. The second-order valence-electron chi connectivity index (χ2n) is 7.47. The molecule has 0 aliphatic heterocycles. The van der Waals surface area contributed by atoms with Crippen molar-refractivity contribution < 1.29 is 43.9 Å². The largest absolute Gasteiger partial charge is 0.458 e. The number of halogens is 10. The summed E-state index contributed by atoms with van der Waals surface area (Å²) in [6.07, 6.45) is -13.0. The molecule has 0 atom stereocenters. The smallest absolute Gasteiger partial charge is 0.325 e. The molecule has 18 heteroatoms. The highest BCUT2D eigenvalue weighted by Crippen LogP contribution is 2.53. The van der Waals surface area contributed by atoms with Crippen LogP contribution in [0.15, 0.2) is 0 Å². The summed E-state index contributed by atoms with van der Waals surface area (Å²) in [6.45, 7) is 0. The quantitative estimate of drug-likeness (QED) is 0.453. The van der Waals surface area contributed by atoms with Crippen molar-refractivity contribution in [3.05, 3.63) is 22.1 Å². The van der Waals surface area contributed by atoms with Gasteiger partial charge in [-0.1, -0.05) is 0 Å². The number of nitrogens with zero attached hydrogens (tertiary/aromatic N) is 8. The van der Waals surface area contributed by atoms with Crippen molar-refractivity contribution in [3.63, 3.8) is 0 Å². The van der Waals surface area contributed by atoms with Crippen LogP contribution in [0, 0.1) is 45.3 Å². The van der Waals surface area contributed by atoms with Gasteiger partial charge in [0.1, 0.15) is 35.3 Å². The van der Waals surface area contributed by atoms with Crippen molar-refractivity contribution in [2.24, 2.45) is 14.1 Å². The lowest BCUT2D eigenvalue weighted by Gasteiger charge is -2.25. The first-order valence-electron chi connectivity index (χ1n) is 9.47. The number of nitriles is 4. The molecule has 0 saturated carbocycles. The van der Waals surface area contributed by atoms with E-state index in [1.54, 1.807) is 0 Å². The average Bonchev–Trinajstić information content (AvgIpc) is 3.30. The maximum Gasteiger partial charge on any atom is 0.458 e. The standard InChI is InChI=1S/C20H6F10N8/c1-37-13-9(17(21,22)19(25,26)27)12-14(38(2)16(36-12)8(5-33)6-34)10(18(23,24)20(28,29)30)11(13)35-15(37)7(3-31)4-32/h1-2H3. The number of rotatable bonds is 2. The zero-order valence-corrected chi connectivity index (χ0v) is 18.4. The molecule has 0 saturated heterocycles. The van der Waals surface area contributed by atoms with E-state index in [0.29, 0.717) is 14.1 Å². The highest BCUT2D eigenvalue weighted by molar-refractivity contribution is 6.02. The van der Waals surface area contributed by atoms with Crippen LogP contribution in [0.2, 0.25) is 0 Å². The Labute approximate surface area is 202 Å². The summed E-state index contributed by atoms with van der Waals surface area (Å²) >= 11 is 0. The molecule has 0 aliphatic carbocycles. The van der Waals surface area contributed by atoms with Gasteiger partial charge in [0, 0.05) is 14.1 Å². The number of imidazole rings is 2. The SMILES string of the molecule is Cn1c(=C(C#N)C#N)nc2c(C(F)(F)C(F)(F)F)c3c(nc(=C(C#N)C#N)n3C)c(C(F)(F)C(F)(F)F)c21. The predicted molar refractivity (Wildman–Crippen MR) is 103 cm³/mol. The van der Waals surface area contributed by atoms with Crippen LogP contribution in [0.25, 0.3) is 33.2 Å². The van der Waals surface area contributed by atoms with E-state index in [1.165, 1.54) is 24.3 Å². The van der Waals surface area contributed by atoms with E-state index in [-0.39, 0.29) is 9.13 Å². The first kappa shape index (κ1) is 27.7. The maximum atomic E-state index is 14.9. The molecule has 0 aliphatic rings. The number of fused-ring (bicyclic) bond motifs is 2. The van der Waals surface area contributed by atoms with Crippen molar-refractivity contribution in [2.45, 2.75) is 24.2 Å². The fourth-order valence-corrected chi connectivity index (χ4v) is 3.72. The highest BCUT2D eigenvalue weighted by Gasteiger charge is 2.64. The van der Waals surface area contributed by atoms with E-state index in [9.17, 15) is 43.9 Å². The molecule has 3 aromatic rings. The third-order valence-corrected chi connectivity index (χ3v) is 5.37. The van der Waals surface area contributed by atoms with Gasteiger partial charge in [-0.2, -0.15) is 65.0 Å². The third-order valence-electron chi connectivity index (χ3n) is 5.37. The van der Waals surface area contributed by atoms with E-state index in [0.717, 1.165) is 0 Å². The van der Waals surface area contributed by atoms with Crippen molar-refractivity contribution in [2.75, 3.05) is 0 Å². The number of aryl methyl sites for hydroxylation is 2. The molecule has 0 bridgehead atoms. The Morgan fingerprint density at radius 2 is 0.842 bits per heavy atom. The van der Waals surface area contributed by atoms with Crippen LogP contribution in [0.4, 0.5) is 43.9 Å². The number of alkyl halides is 10. The Hall–Kier alpha value is -4.84. The summed E-state index contributed by atoms with van der Waals surface area (Å²) in [6, 6.07) is 4.76. The monoisotopic (exact) mass is 548 g/mol. The lowest BCUT2D eigenvalue weighted by Crippen LogP contribution is -2.36. The average molecular weight is 548 g/mol. The summed E-state index contributed by atoms with van der Waals surface area (Å²) in [5.41, 5.74) is -15.8. The summed E-state index contributed by atoms with van der Waals surface area (Å²) < 4.78 is 141. The first-order chi connectivity index (χ1) is 17.3. The summed E-state index contributed by atoms with van der Waals surface area (Å²) in [5.74, 6) is -12.0. The Morgan fingerprint density at radius 1 is 0.579 bits per heavy atom. The maximum absolute atomic E-state index is 14.9. The van der Waals surface area contributed by atoms with Gasteiger partial charge in [-0.05, 0) is 0 Å². The minimum Gasteiger partial charge on any atom is -0.325 e. The fraction of sp³-hybridized carbons (Fsp3) is 0.300. The summed E-state index contributed by atoms with van der Waals surface area (Å²) in [7, 11) is 1.20. The van der Waals surface area contributed by atoms with Gasteiger partial charge in [-0.3, -0.25) is 0 Å². The number of benzene rings is 1. The van der Waals surface area contributed by atoms with Gasteiger partial charge in [-0.15, -0.1) is 0 Å². The molecule has 0 unspecified atom stereocenters. The van der Waals surface area contributed by atoms with E-state index >= 15 is 0 Å². The van der Waals surface area contributed by atoms with E-state index in [4.69, 9.17) is 21.0 Å². The predicted octanol–water partition coefficient (Wildman–Crippen LogP) is 3.16. The lowest BCUT2D eigenvalue weighted by molar-refractivity contribution is -0.289. The minimum atomic E-state index is -6.48. The Morgan fingerprint density at radius 3 is 1.05 bits per heavy atom. The molecular weight excluding hydrogens is 542 g/mol. The molecule has 0 amide bonds. The van der Waals surface area contributed by atoms with Crippen LogP contribution in [0.5, 0.6) is 0 Å².